The Morgan fingerprint density at radius 3 is 3.06 bits per heavy atom. The van der Waals surface area contributed by atoms with E-state index in [1.54, 1.807) is 0 Å². The van der Waals surface area contributed by atoms with Crippen molar-refractivity contribution in [3.63, 3.8) is 0 Å². The van der Waals surface area contributed by atoms with Crippen LogP contribution in [0.25, 0.3) is 10.4 Å². The summed E-state index contributed by atoms with van der Waals surface area (Å²) in [5.74, 6) is 0. The van der Waals surface area contributed by atoms with Crippen LogP contribution in [-0.2, 0) is 4.74 Å². The van der Waals surface area contributed by atoms with Crippen molar-refractivity contribution in [1.82, 2.24) is 9.55 Å². The predicted molar refractivity (Wildman–Crippen MR) is 59.9 cm³/mol. The van der Waals surface area contributed by atoms with Gasteiger partial charge in [0.1, 0.15) is 6.23 Å². The van der Waals surface area contributed by atoms with E-state index in [-0.39, 0.29) is 13.0 Å². The molecule has 1 saturated heterocycles. The number of azide groups is 1. The summed E-state index contributed by atoms with van der Waals surface area (Å²) < 4.78 is 6.60. The van der Waals surface area contributed by atoms with Gasteiger partial charge in [-0.25, -0.2) is 4.79 Å². The molecule has 96 valence electrons. The summed E-state index contributed by atoms with van der Waals surface area (Å²) in [5, 5.41) is 12.6. The topological polar surface area (TPSA) is 133 Å². The van der Waals surface area contributed by atoms with Gasteiger partial charge in [-0.05, 0) is 5.53 Å². The van der Waals surface area contributed by atoms with Crippen molar-refractivity contribution in [3.8, 4) is 0 Å². The maximum absolute atomic E-state index is 11.5. The number of aliphatic hydroxyl groups excluding tert-OH is 1. The zero-order valence-corrected chi connectivity index (χ0v) is 9.26. The molecule has 0 bridgehead atoms. The zero-order chi connectivity index (χ0) is 13.1. The van der Waals surface area contributed by atoms with Crippen LogP contribution in [0.5, 0.6) is 0 Å². The summed E-state index contributed by atoms with van der Waals surface area (Å²) in [6.45, 7) is -0.307. The van der Waals surface area contributed by atoms with Crippen LogP contribution in [0.2, 0.25) is 0 Å². The van der Waals surface area contributed by atoms with Gasteiger partial charge >= 0.3 is 5.69 Å². The average Bonchev–Trinajstić information content (AvgIpc) is 2.72. The molecule has 0 spiro atoms. The Morgan fingerprint density at radius 2 is 2.44 bits per heavy atom. The van der Waals surface area contributed by atoms with Gasteiger partial charge in [0.05, 0.1) is 18.8 Å². The van der Waals surface area contributed by atoms with Crippen molar-refractivity contribution >= 4 is 0 Å². The Bertz CT molecular complexity index is 587. The lowest BCUT2D eigenvalue weighted by atomic mass is 10.1. The van der Waals surface area contributed by atoms with E-state index in [1.807, 2.05) is 0 Å². The van der Waals surface area contributed by atoms with Gasteiger partial charge in [0.15, 0.2) is 0 Å². The van der Waals surface area contributed by atoms with E-state index in [4.69, 9.17) is 15.4 Å². The van der Waals surface area contributed by atoms with Crippen molar-refractivity contribution in [2.75, 3.05) is 6.61 Å². The molecule has 1 fully saturated rings. The van der Waals surface area contributed by atoms with E-state index < -0.39 is 29.6 Å². The van der Waals surface area contributed by atoms with Crippen LogP contribution in [0.15, 0.2) is 27.0 Å². The molecule has 0 aliphatic carbocycles. The summed E-state index contributed by atoms with van der Waals surface area (Å²) in [6, 6.07) is 0.656. The van der Waals surface area contributed by atoms with Gasteiger partial charge in [-0.1, -0.05) is 5.11 Å². The van der Waals surface area contributed by atoms with Crippen molar-refractivity contribution in [2.24, 2.45) is 5.11 Å². The number of hydrogen-bond donors (Lipinski definition) is 2. The van der Waals surface area contributed by atoms with E-state index in [0.29, 0.717) is 0 Å². The highest BCUT2D eigenvalue weighted by atomic mass is 16.5. The highest BCUT2D eigenvalue weighted by Gasteiger charge is 2.35. The summed E-state index contributed by atoms with van der Waals surface area (Å²) >= 11 is 0. The summed E-state index contributed by atoms with van der Waals surface area (Å²) in [7, 11) is 0. The van der Waals surface area contributed by atoms with Crippen LogP contribution < -0.4 is 11.2 Å². The van der Waals surface area contributed by atoms with E-state index in [9.17, 15) is 9.59 Å². The Morgan fingerprint density at radius 1 is 1.67 bits per heavy atom. The largest absolute Gasteiger partial charge is 0.394 e. The van der Waals surface area contributed by atoms with Crippen LogP contribution >= 0.6 is 0 Å². The molecule has 2 N–H and O–H groups in total. The van der Waals surface area contributed by atoms with E-state index in [0.717, 1.165) is 0 Å². The van der Waals surface area contributed by atoms with Crippen molar-refractivity contribution in [1.29, 1.82) is 0 Å². The first kappa shape index (κ1) is 12.4. The van der Waals surface area contributed by atoms with Gasteiger partial charge < -0.3 is 9.84 Å². The molecule has 0 amide bonds. The van der Waals surface area contributed by atoms with Crippen molar-refractivity contribution < 1.29 is 9.84 Å². The molecule has 1 aromatic rings. The van der Waals surface area contributed by atoms with Crippen LogP contribution in [-0.4, -0.2) is 33.4 Å². The smallest absolute Gasteiger partial charge is 0.330 e. The molecular formula is C9H11N5O4. The molecule has 0 unspecified atom stereocenters. The lowest BCUT2D eigenvalue weighted by Crippen LogP contribution is -2.31. The third kappa shape index (κ3) is 2.28. The second kappa shape index (κ2) is 5.05. The van der Waals surface area contributed by atoms with Gasteiger partial charge in [0.2, 0.25) is 0 Å². The number of H-pyrrole nitrogens is 1. The fourth-order valence-electron chi connectivity index (χ4n) is 1.89. The standard InChI is InChI=1S/C9H11N5O4/c10-13-12-5-3-8(18-6(5)4-15)14-2-1-7(16)11-9(14)17/h1-2,5-6,8,15H,3-4H2,(H,11,16,17)/t5-,6-,8+/m0/s1. The van der Waals surface area contributed by atoms with Gasteiger partial charge in [-0.15, -0.1) is 0 Å². The third-order valence-corrected chi connectivity index (χ3v) is 2.75. The monoisotopic (exact) mass is 253 g/mol. The maximum Gasteiger partial charge on any atom is 0.330 e. The fourth-order valence-corrected chi connectivity index (χ4v) is 1.89. The lowest BCUT2D eigenvalue weighted by Gasteiger charge is -2.13. The van der Waals surface area contributed by atoms with Gasteiger partial charge in [0.25, 0.3) is 5.56 Å². The Labute approximate surface area is 100 Å². The summed E-state index contributed by atoms with van der Waals surface area (Å²) in [5.41, 5.74) is 7.29. The molecule has 9 nitrogen and oxygen atoms in total. The molecular weight excluding hydrogens is 242 g/mol. The highest BCUT2D eigenvalue weighted by Crippen LogP contribution is 2.29. The van der Waals surface area contributed by atoms with E-state index >= 15 is 0 Å². The minimum absolute atomic E-state index is 0.265. The second-order valence-electron chi connectivity index (χ2n) is 3.84. The van der Waals surface area contributed by atoms with Crippen LogP contribution in [0.3, 0.4) is 0 Å². The first-order valence-electron chi connectivity index (χ1n) is 5.27. The van der Waals surface area contributed by atoms with Crippen LogP contribution in [0.4, 0.5) is 0 Å². The number of aliphatic hydroxyl groups is 1. The molecule has 3 atom stereocenters. The van der Waals surface area contributed by atoms with Crippen LogP contribution in [0, 0.1) is 0 Å². The molecule has 1 aromatic heterocycles. The average molecular weight is 253 g/mol. The fraction of sp³-hybridized carbons (Fsp3) is 0.556. The molecule has 1 aliphatic rings. The number of hydrogen-bond acceptors (Lipinski definition) is 5. The predicted octanol–water partition coefficient (Wildman–Crippen LogP) is -0.505. The van der Waals surface area contributed by atoms with Gasteiger partial charge in [-0.3, -0.25) is 14.3 Å². The normalized spacial score (nSPS) is 26.8. The minimum Gasteiger partial charge on any atom is -0.394 e. The minimum atomic E-state index is -0.665. The van der Waals surface area contributed by atoms with Gasteiger partial charge in [0, 0.05) is 23.6 Å². The van der Waals surface area contributed by atoms with E-state index in [1.165, 1.54) is 16.8 Å². The van der Waals surface area contributed by atoms with Crippen molar-refractivity contribution in [3.05, 3.63) is 43.5 Å². The number of nitrogens with one attached hydrogen (secondary N) is 1. The Balaban J connectivity index is 2.28. The molecule has 18 heavy (non-hydrogen) atoms. The molecule has 0 saturated carbocycles. The SMILES string of the molecule is [N-]=[N+]=N[C@H]1C[C@H](n2ccc(=O)[nH]c2=O)O[C@H]1CO. The molecule has 9 heteroatoms. The zero-order valence-electron chi connectivity index (χ0n) is 9.26. The van der Waals surface area contributed by atoms with Crippen LogP contribution in [0.1, 0.15) is 12.6 Å². The summed E-state index contributed by atoms with van der Waals surface area (Å²) in [4.78, 5) is 27.2. The second-order valence-corrected chi connectivity index (χ2v) is 3.84. The highest BCUT2D eigenvalue weighted by molar-refractivity contribution is 4.90. The first-order chi connectivity index (χ1) is 8.65. The summed E-state index contributed by atoms with van der Waals surface area (Å²) in [6.07, 6.45) is 0.256. The number of rotatable bonds is 3. The number of ether oxygens (including phenoxy) is 1. The molecule has 0 radical (unpaired) electrons. The molecule has 2 rings (SSSR count). The molecule has 2 heterocycles. The Kier molecular flexibility index (Phi) is 3.47. The third-order valence-electron chi connectivity index (χ3n) is 2.75. The van der Waals surface area contributed by atoms with Crippen molar-refractivity contribution in [2.45, 2.75) is 24.8 Å². The quantitative estimate of drug-likeness (QED) is 0.426. The van der Waals surface area contributed by atoms with Gasteiger partial charge in [-0.2, -0.15) is 0 Å². The Hall–Kier alpha value is -2.09. The maximum atomic E-state index is 11.5. The molecule has 1 aliphatic heterocycles. The number of aromatic nitrogens is 2. The first-order valence-corrected chi connectivity index (χ1v) is 5.27. The lowest BCUT2D eigenvalue weighted by molar-refractivity contribution is -0.0270. The number of nitrogens with zero attached hydrogens (tertiary/aromatic N) is 4. The number of aromatic amines is 1. The molecule has 0 aromatic carbocycles. The van der Waals surface area contributed by atoms with E-state index in [2.05, 4.69) is 15.0 Å².